The highest BCUT2D eigenvalue weighted by atomic mass is 16.5. The van der Waals surface area contributed by atoms with E-state index in [1.165, 1.54) is 12.0 Å². The molecular formula is C17H29NO2. The smallest absolute Gasteiger partial charge is 0.124 e. The van der Waals surface area contributed by atoms with Gasteiger partial charge in [0.2, 0.25) is 0 Å². The molecule has 1 unspecified atom stereocenters. The van der Waals surface area contributed by atoms with Crippen molar-refractivity contribution in [2.24, 2.45) is 5.41 Å². The van der Waals surface area contributed by atoms with E-state index in [1.54, 1.807) is 14.2 Å². The van der Waals surface area contributed by atoms with Crippen LogP contribution in [0.15, 0.2) is 18.2 Å². The number of ether oxygens (including phenoxy) is 2. The van der Waals surface area contributed by atoms with Gasteiger partial charge in [0, 0.05) is 25.3 Å². The van der Waals surface area contributed by atoms with Gasteiger partial charge in [-0.05, 0) is 36.5 Å². The lowest BCUT2D eigenvalue weighted by Crippen LogP contribution is -2.30. The quantitative estimate of drug-likeness (QED) is 0.782. The van der Waals surface area contributed by atoms with Crippen LogP contribution in [0.2, 0.25) is 0 Å². The Balaban J connectivity index is 2.77. The molecular weight excluding hydrogens is 250 g/mol. The summed E-state index contributed by atoms with van der Waals surface area (Å²) in [4.78, 5) is 0. The maximum Gasteiger partial charge on any atom is 0.124 e. The van der Waals surface area contributed by atoms with E-state index in [4.69, 9.17) is 9.47 Å². The molecule has 1 rings (SSSR count). The van der Waals surface area contributed by atoms with E-state index in [9.17, 15) is 0 Å². The molecule has 0 saturated carbocycles. The average molecular weight is 279 g/mol. The Hall–Kier alpha value is -1.06. The first kappa shape index (κ1) is 17.0. The van der Waals surface area contributed by atoms with Gasteiger partial charge < -0.3 is 14.8 Å². The van der Waals surface area contributed by atoms with Crippen molar-refractivity contribution in [1.82, 2.24) is 5.32 Å². The van der Waals surface area contributed by atoms with Crippen LogP contribution in [0, 0.1) is 5.41 Å². The Morgan fingerprint density at radius 1 is 1.25 bits per heavy atom. The topological polar surface area (TPSA) is 30.5 Å². The highest BCUT2D eigenvalue weighted by Crippen LogP contribution is 2.25. The van der Waals surface area contributed by atoms with Gasteiger partial charge in [-0.25, -0.2) is 0 Å². The van der Waals surface area contributed by atoms with Crippen molar-refractivity contribution in [3.05, 3.63) is 29.3 Å². The molecule has 1 N–H and O–H groups in total. The Labute approximate surface area is 123 Å². The second-order valence-electron chi connectivity index (χ2n) is 6.12. The molecule has 0 aliphatic carbocycles. The average Bonchev–Trinajstić information content (AvgIpc) is 2.45. The first-order valence-electron chi connectivity index (χ1n) is 7.32. The molecule has 1 aromatic carbocycles. The van der Waals surface area contributed by atoms with Crippen molar-refractivity contribution in [1.29, 1.82) is 0 Å². The zero-order valence-electron chi connectivity index (χ0n) is 13.7. The highest BCUT2D eigenvalue weighted by Gasteiger charge is 2.17. The molecule has 114 valence electrons. The van der Waals surface area contributed by atoms with Crippen molar-refractivity contribution in [2.45, 2.75) is 46.8 Å². The fraction of sp³-hybridized carbons (Fsp3) is 0.647. The van der Waals surface area contributed by atoms with Crippen LogP contribution in [0.3, 0.4) is 0 Å². The number of hydrogen-bond donors (Lipinski definition) is 1. The molecule has 0 bridgehead atoms. The molecule has 20 heavy (non-hydrogen) atoms. The SMILES string of the molecule is CCC(C)(C)CNC(C)c1ccc(OC)c(COC)c1. The summed E-state index contributed by atoms with van der Waals surface area (Å²) >= 11 is 0. The van der Waals surface area contributed by atoms with Crippen LogP contribution in [-0.4, -0.2) is 20.8 Å². The van der Waals surface area contributed by atoms with Gasteiger partial charge in [0.25, 0.3) is 0 Å². The Kier molecular flexibility index (Phi) is 6.50. The summed E-state index contributed by atoms with van der Waals surface area (Å²) in [5, 5.41) is 3.62. The zero-order chi connectivity index (χ0) is 15.2. The van der Waals surface area contributed by atoms with Gasteiger partial charge in [-0.3, -0.25) is 0 Å². The van der Waals surface area contributed by atoms with Crippen LogP contribution in [0.25, 0.3) is 0 Å². The number of hydrogen-bond acceptors (Lipinski definition) is 3. The second-order valence-corrected chi connectivity index (χ2v) is 6.12. The minimum atomic E-state index is 0.322. The standard InChI is InChI=1S/C17H29NO2/c1-7-17(3,4)12-18-13(2)14-8-9-16(20-6)15(10-14)11-19-5/h8-10,13,18H,7,11-12H2,1-6H3. The predicted molar refractivity (Wildman–Crippen MR) is 84.2 cm³/mol. The minimum Gasteiger partial charge on any atom is -0.496 e. The fourth-order valence-electron chi connectivity index (χ4n) is 2.01. The second kappa shape index (κ2) is 7.65. The van der Waals surface area contributed by atoms with Crippen molar-refractivity contribution < 1.29 is 9.47 Å². The normalized spacial score (nSPS) is 13.3. The summed E-state index contributed by atoms with van der Waals surface area (Å²) < 4.78 is 10.6. The maximum atomic E-state index is 5.36. The lowest BCUT2D eigenvalue weighted by Gasteiger charge is -2.26. The minimum absolute atomic E-state index is 0.322. The summed E-state index contributed by atoms with van der Waals surface area (Å²) in [5.41, 5.74) is 2.69. The predicted octanol–water partition coefficient (Wildman–Crippen LogP) is 3.93. The van der Waals surface area contributed by atoms with Crippen LogP contribution < -0.4 is 10.1 Å². The zero-order valence-corrected chi connectivity index (χ0v) is 13.7. The third kappa shape index (κ3) is 4.80. The molecule has 0 spiro atoms. The van der Waals surface area contributed by atoms with Gasteiger partial charge in [0.1, 0.15) is 5.75 Å². The molecule has 0 amide bonds. The van der Waals surface area contributed by atoms with Crippen LogP contribution in [-0.2, 0) is 11.3 Å². The van der Waals surface area contributed by atoms with E-state index in [0.717, 1.165) is 17.9 Å². The molecule has 1 atom stereocenters. The molecule has 0 saturated heterocycles. The lowest BCUT2D eigenvalue weighted by molar-refractivity contribution is 0.181. The number of methoxy groups -OCH3 is 2. The van der Waals surface area contributed by atoms with Crippen LogP contribution >= 0.6 is 0 Å². The fourth-order valence-corrected chi connectivity index (χ4v) is 2.01. The Bertz CT molecular complexity index is 415. The van der Waals surface area contributed by atoms with Gasteiger partial charge in [-0.2, -0.15) is 0 Å². The molecule has 0 aromatic heterocycles. The Morgan fingerprint density at radius 2 is 1.95 bits per heavy atom. The van der Waals surface area contributed by atoms with Gasteiger partial charge in [-0.15, -0.1) is 0 Å². The third-order valence-electron chi connectivity index (χ3n) is 3.95. The molecule has 3 heteroatoms. The summed E-state index contributed by atoms with van der Waals surface area (Å²) in [6.07, 6.45) is 1.17. The lowest BCUT2D eigenvalue weighted by atomic mass is 9.90. The molecule has 0 fully saturated rings. The molecule has 1 aromatic rings. The van der Waals surface area contributed by atoms with Crippen molar-refractivity contribution in [3.63, 3.8) is 0 Å². The highest BCUT2D eigenvalue weighted by molar-refractivity contribution is 5.38. The summed E-state index contributed by atoms with van der Waals surface area (Å²) in [7, 11) is 3.40. The molecule has 0 aliphatic rings. The van der Waals surface area contributed by atoms with Crippen LogP contribution in [0.4, 0.5) is 0 Å². The number of rotatable bonds is 8. The van der Waals surface area contributed by atoms with Crippen LogP contribution in [0.5, 0.6) is 5.75 Å². The van der Waals surface area contributed by atoms with Gasteiger partial charge in [0.15, 0.2) is 0 Å². The molecule has 0 aliphatic heterocycles. The van der Waals surface area contributed by atoms with Gasteiger partial charge >= 0.3 is 0 Å². The first-order valence-corrected chi connectivity index (χ1v) is 7.32. The molecule has 3 nitrogen and oxygen atoms in total. The van der Waals surface area contributed by atoms with Gasteiger partial charge in [0.05, 0.1) is 13.7 Å². The summed E-state index contributed by atoms with van der Waals surface area (Å²) in [6.45, 7) is 10.6. The van der Waals surface area contributed by atoms with E-state index < -0.39 is 0 Å². The van der Waals surface area contributed by atoms with E-state index >= 15 is 0 Å². The Morgan fingerprint density at radius 3 is 2.50 bits per heavy atom. The van der Waals surface area contributed by atoms with E-state index in [2.05, 4.69) is 45.1 Å². The van der Waals surface area contributed by atoms with Crippen molar-refractivity contribution in [3.8, 4) is 5.75 Å². The van der Waals surface area contributed by atoms with Crippen molar-refractivity contribution in [2.75, 3.05) is 20.8 Å². The van der Waals surface area contributed by atoms with Gasteiger partial charge in [-0.1, -0.05) is 26.8 Å². The molecule has 0 radical (unpaired) electrons. The summed E-state index contributed by atoms with van der Waals surface area (Å²) in [5.74, 6) is 0.886. The van der Waals surface area contributed by atoms with Crippen molar-refractivity contribution >= 4 is 0 Å². The first-order chi connectivity index (χ1) is 9.43. The number of nitrogens with one attached hydrogen (secondary N) is 1. The largest absolute Gasteiger partial charge is 0.496 e. The maximum absolute atomic E-state index is 5.36. The van der Waals surface area contributed by atoms with E-state index in [0.29, 0.717) is 18.1 Å². The monoisotopic (exact) mass is 279 g/mol. The number of benzene rings is 1. The molecule has 0 heterocycles. The summed E-state index contributed by atoms with van der Waals surface area (Å²) in [6, 6.07) is 6.63. The third-order valence-corrected chi connectivity index (χ3v) is 3.95. The van der Waals surface area contributed by atoms with E-state index in [1.807, 2.05) is 6.07 Å². The van der Waals surface area contributed by atoms with E-state index in [-0.39, 0.29) is 0 Å². The van der Waals surface area contributed by atoms with Crippen LogP contribution in [0.1, 0.15) is 51.3 Å².